The highest BCUT2D eigenvalue weighted by molar-refractivity contribution is 5.83. The van der Waals surface area contributed by atoms with Crippen molar-refractivity contribution in [1.82, 2.24) is 10.3 Å². The van der Waals surface area contributed by atoms with Crippen molar-refractivity contribution < 1.29 is 4.79 Å². The molecule has 130 valence electrons. The molecule has 0 aliphatic carbocycles. The molecule has 0 saturated carbocycles. The molecule has 3 rings (SSSR count). The standard InChI is InChI=1S/C21H25N3O/c1-2-16-7-3-5-9-19(16)22-14-12-21(25)23-13-11-17-15-24-20-10-6-4-8-18(17)20/h3-10,15,22,24H,2,11-14H2,1H3,(H,23,25). The minimum absolute atomic E-state index is 0.0846. The molecule has 0 saturated heterocycles. The third-order valence-corrected chi connectivity index (χ3v) is 4.46. The number of aromatic amines is 1. The molecule has 0 aliphatic rings. The first-order valence-electron chi connectivity index (χ1n) is 8.91. The van der Waals surface area contributed by atoms with E-state index in [1.165, 1.54) is 16.5 Å². The Bertz CT molecular complexity index is 838. The molecule has 1 heterocycles. The van der Waals surface area contributed by atoms with E-state index in [-0.39, 0.29) is 5.91 Å². The molecule has 0 unspecified atom stereocenters. The number of aromatic nitrogens is 1. The number of carbonyl (C=O) groups excluding carboxylic acids is 1. The van der Waals surface area contributed by atoms with Crippen LogP contribution >= 0.6 is 0 Å². The van der Waals surface area contributed by atoms with Gasteiger partial charge in [-0.3, -0.25) is 4.79 Å². The Labute approximate surface area is 148 Å². The fourth-order valence-electron chi connectivity index (χ4n) is 3.08. The summed E-state index contributed by atoms with van der Waals surface area (Å²) in [6.45, 7) is 3.44. The molecule has 1 aromatic heterocycles. The summed E-state index contributed by atoms with van der Waals surface area (Å²) in [6, 6.07) is 16.5. The largest absolute Gasteiger partial charge is 0.384 e. The third kappa shape index (κ3) is 4.41. The van der Waals surface area contributed by atoms with Gasteiger partial charge in [0.25, 0.3) is 0 Å². The van der Waals surface area contributed by atoms with Crippen LogP contribution in [-0.4, -0.2) is 24.0 Å². The Morgan fingerprint density at radius 2 is 1.80 bits per heavy atom. The number of carbonyl (C=O) groups is 1. The van der Waals surface area contributed by atoms with Gasteiger partial charge in [0.05, 0.1) is 0 Å². The molecule has 4 nitrogen and oxygen atoms in total. The van der Waals surface area contributed by atoms with Gasteiger partial charge in [0.2, 0.25) is 5.91 Å². The second-order valence-corrected chi connectivity index (χ2v) is 6.15. The maximum Gasteiger partial charge on any atom is 0.221 e. The van der Waals surface area contributed by atoms with Crippen molar-refractivity contribution in [3.05, 3.63) is 65.9 Å². The molecule has 0 fully saturated rings. The van der Waals surface area contributed by atoms with E-state index >= 15 is 0 Å². The van der Waals surface area contributed by atoms with Gasteiger partial charge in [0.15, 0.2) is 0 Å². The molecule has 0 bridgehead atoms. The van der Waals surface area contributed by atoms with Crippen LogP contribution in [0.3, 0.4) is 0 Å². The summed E-state index contributed by atoms with van der Waals surface area (Å²) in [4.78, 5) is 15.3. The average Bonchev–Trinajstić information content (AvgIpc) is 3.05. The van der Waals surface area contributed by atoms with E-state index in [1.807, 2.05) is 30.5 Å². The zero-order chi connectivity index (χ0) is 17.5. The molecular formula is C21H25N3O. The summed E-state index contributed by atoms with van der Waals surface area (Å²) in [5.41, 5.74) is 4.78. The van der Waals surface area contributed by atoms with E-state index in [4.69, 9.17) is 0 Å². The first kappa shape index (κ1) is 17.1. The summed E-state index contributed by atoms with van der Waals surface area (Å²) >= 11 is 0. The topological polar surface area (TPSA) is 56.9 Å². The molecule has 0 spiro atoms. The zero-order valence-electron chi connectivity index (χ0n) is 14.6. The van der Waals surface area contributed by atoms with Gasteiger partial charge >= 0.3 is 0 Å². The highest BCUT2D eigenvalue weighted by Gasteiger charge is 2.05. The van der Waals surface area contributed by atoms with E-state index in [0.29, 0.717) is 19.5 Å². The van der Waals surface area contributed by atoms with E-state index in [0.717, 1.165) is 24.0 Å². The Hall–Kier alpha value is -2.75. The smallest absolute Gasteiger partial charge is 0.221 e. The summed E-state index contributed by atoms with van der Waals surface area (Å²) in [7, 11) is 0. The van der Waals surface area contributed by atoms with Crippen LogP contribution in [0.5, 0.6) is 0 Å². The molecule has 3 aromatic rings. The highest BCUT2D eigenvalue weighted by atomic mass is 16.1. The number of hydrogen-bond acceptors (Lipinski definition) is 2. The quantitative estimate of drug-likeness (QED) is 0.585. The monoisotopic (exact) mass is 335 g/mol. The van der Waals surface area contributed by atoms with Crippen LogP contribution in [0.1, 0.15) is 24.5 Å². The van der Waals surface area contributed by atoms with E-state index < -0.39 is 0 Å². The van der Waals surface area contributed by atoms with Crippen LogP contribution in [0.15, 0.2) is 54.7 Å². The Morgan fingerprint density at radius 1 is 1.00 bits per heavy atom. The Balaban J connectivity index is 1.41. The Morgan fingerprint density at radius 3 is 2.68 bits per heavy atom. The normalized spacial score (nSPS) is 10.8. The Kier molecular flexibility index (Phi) is 5.73. The summed E-state index contributed by atoms with van der Waals surface area (Å²) in [5.74, 6) is 0.0846. The predicted octanol–water partition coefficient (Wildman–Crippen LogP) is 3.89. The van der Waals surface area contributed by atoms with Crippen LogP contribution in [0.2, 0.25) is 0 Å². The van der Waals surface area contributed by atoms with Gasteiger partial charge in [-0.25, -0.2) is 0 Å². The zero-order valence-corrected chi connectivity index (χ0v) is 14.6. The molecule has 0 atom stereocenters. The van der Waals surface area contributed by atoms with E-state index in [2.05, 4.69) is 46.8 Å². The van der Waals surface area contributed by atoms with E-state index in [1.54, 1.807) is 0 Å². The summed E-state index contributed by atoms with van der Waals surface area (Å²) < 4.78 is 0. The number of H-pyrrole nitrogens is 1. The van der Waals surface area contributed by atoms with Crippen LogP contribution in [-0.2, 0) is 17.6 Å². The molecule has 0 aliphatic heterocycles. The summed E-state index contributed by atoms with van der Waals surface area (Å²) in [6.07, 6.45) is 4.33. The van der Waals surface area contributed by atoms with Gasteiger partial charge in [-0.1, -0.05) is 43.3 Å². The number of benzene rings is 2. The van der Waals surface area contributed by atoms with Gasteiger partial charge in [0.1, 0.15) is 0 Å². The minimum Gasteiger partial charge on any atom is -0.384 e. The fourth-order valence-corrected chi connectivity index (χ4v) is 3.08. The number of fused-ring (bicyclic) bond motifs is 1. The number of amides is 1. The molecule has 0 radical (unpaired) electrons. The van der Waals surface area contributed by atoms with Gasteiger partial charge in [0, 0.05) is 42.3 Å². The number of hydrogen-bond donors (Lipinski definition) is 3. The van der Waals surface area contributed by atoms with Crippen LogP contribution in [0.4, 0.5) is 5.69 Å². The van der Waals surface area contributed by atoms with Crippen molar-refractivity contribution in [3.63, 3.8) is 0 Å². The maximum atomic E-state index is 12.0. The number of nitrogens with one attached hydrogen (secondary N) is 3. The van der Waals surface area contributed by atoms with Crippen molar-refractivity contribution in [2.24, 2.45) is 0 Å². The lowest BCUT2D eigenvalue weighted by Crippen LogP contribution is -2.27. The first-order chi connectivity index (χ1) is 12.3. The van der Waals surface area contributed by atoms with Crippen molar-refractivity contribution in [1.29, 1.82) is 0 Å². The number of para-hydroxylation sites is 2. The minimum atomic E-state index is 0.0846. The molecular weight excluding hydrogens is 310 g/mol. The number of anilines is 1. The SMILES string of the molecule is CCc1ccccc1NCCC(=O)NCCc1c[nH]c2ccccc12. The van der Waals surface area contributed by atoms with Crippen LogP contribution < -0.4 is 10.6 Å². The van der Waals surface area contributed by atoms with Crippen molar-refractivity contribution >= 4 is 22.5 Å². The lowest BCUT2D eigenvalue weighted by Gasteiger charge is -2.10. The lowest BCUT2D eigenvalue weighted by atomic mass is 10.1. The van der Waals surface area contributed by atoms with Crippen molar-refractivity contribution in [2.75, 3.05) is 18.4 Å². The van der Waals surface area contributed by atoms with Crippen molar-refractivity contribution in [2.45, 2.75) is 26.2 Å². The second kappa shape index (κ2) is 8.38. The first-order valence-corrected chi connectivity index (χ1v) is 8.91. The van der Waals surface area contributed by atoms with Gasteiger partial charge in [-0.2, -0.15) is 0 Å². The molecule has 4 heteroatoms. The van der Waals surface area contributed by atoms with Gasteiger partial charge < -0.3 is 15.6 Å². The van der Waals surface area contributed by atoms with Gasteiger partial charge in [-0.15, -0.1) is 0 Å². The average molecular weight is 335 g/mol. The molecule has 2 aromatic carbocycles. The molecule has 1 amide bonds. The van der Waals surface area contributed by atoms with E-state index in [9.17, 15) is 4.79 Å². The van der Waals surface area contributed by atoms with Crippen LogP contribution in [0, 0.1) is 0 Å². The maximum absolute atomic E-state index is 12.0. The predicted molar refractivity (Wildman–Crippen MR) is 104 cm³/mol. The second-order valence-electron chi connectivity index (χ2n) is 6.15. The van der Waals surface area contributed by atoms with Crippen molar-refractivity contribution in [3.8, 4) is 0 Å². The summed E-state index contributed by atoms with van der Waals surface area (Å²) in [5, 5.41) is 7.60. The highest BCUT2D eigenvalue weighted by Crippen LogP contribution is 2.17. The van der Waals surface area contributed by atoms with Gasteiger partial charge in [-0.05, 0) is 36.1 Å². The molecule has 3 N–H and O–H groups in total. The van der Waals surface area contributed by atoms with Crippen LogP contribution in [0.25, 0.3) is 10.9 Å². The third-order valence-electron chi connectivity index (χ3n) is 4.46. The number of aryl methyl sites for hydroxylation is 1. The fraction of sp³-hybridized carbons (Fsp3) is 0.286. The lowest BCUT2D eigenvalue weighted by molar-refractivity contribution is -0.120. The number of rotatable bonds is 8. The molecule has 25 heavy (non-hydrogen) atoms.